The maximum absolute atomic E-state index is 5.59. The van der Waals surface area contributed by atoms with Gasteiger partial charge in [-0.25, -0.2) is 0 Å². The molecule has 0 bridgehead atoms. The molecule has 3 rings (SSSR count). The van der Waals surface area contributed by atoms with Crippen molar-refractivity contribution in [2.24, 2.45) is 11.8 Å². The van der Waals surface area contributed by atoms with E-state index in [1.54, 1.807) is 6.26 Å². The first-order valence-corrected chi connectivity index (χ1v) is 6.77. The molecule has 1 aromatic heterocycles. The second-order valence-electron chi connectivity index (χ2n) is 5.26. The van der Waals surface area contributed by atoms with Gasteiger partial charge in [-0.15, -0.1) is 0 Å². The minimum Gasteiger partial charge on any atom is -0.432 e. The standard InChI is InChI=1S/C13H21N3O/c1-2-14-6-12-9-17-13(15-12)16-7-10-4-3-5-11(10)8-16/h9-11,14H,2-8H2,1H3. The van der Waals surface area contributed by atoms with Crippen molar-refractivity contribution in [1.82, 2.24) is 10.3 Å². The van der Waals surface area contributed by atoms with Gasteiger partial charge in [0.25, 0.3) is 6.01 Å². The summed E-state index contributed by atoms with van der Waals surface area (Å²) in [5, 5.41) is 3.27. The molecule has 17 heavy (non-hydrogen) atoms. The Morgan fingerprint density at radius 1 is 1.41 bits per heavy atom. The molecule has 1 aliphatic carbocycles. The summed E-state index contributed by atoms with van der Waals surface area (Å²) >= 11 is 0. The van der Waals surface area contributed by atoms with Crippen LogP contribution in [-0.4, -0.2) is 24.6 Å². The average Bonchev–Trinajstić information content (AvgIpc) is 3.00. The Balaban J connectivity index is 1.63. The molecule has 1 saturated heterocycles. The molecule has 1 aromatic rings. The minimum atomic E-state index is 0.806. The molecule has 0 aromatic carbocycles. The van der Waals surface area contributed by atoms with Crippen LogP contribution in [0.4, 0.5) is 6.01 Å². The largest absolute Gasteiger partial charge is 0.432 e. The number of hydrogen-bond acceptors (Lipinski definition) is 4. The van der Waals surface area contributed by atoms with Gasteiger partial charge < -0.3 is 14.6 Å². The number of nitrogens with one attached hydrogen (secondary N) is 1. The van der Waals surface area contributed by atoms with Crippen LogP contribution < -0.4 is 10.2 Å². The van der Waals surface area contributed by atoms with Crippen LogP contribution in [-0.2, 0) is 6.54 Å². The molecule has 1 aliphatic heterocycles. The molecule has 4 nitrogen and oxygen atoms in total. The molecule has 2 atom stereocenters. The SMILES string of the molecule is CCNCc1coc(N2CC3CCCC3C2)n1. The van der Waals surface area contributed by atoms with Crippen LogP contribution in [0, 0.1) is 11.8 Å². The van der Waals surface area contributed by atoms with Gasteiger partial charge in [-0.2, -0.15) is 4.98 Å². The van der Waals surface area contributed by atoms with E-state index in [4.69, 9.17) is 4.42 Å². The number of aromatic nitrogens is 1. The van der Waals surface area contributed by atoms with Crippen LogP contribution in [0.1, 0.15) is 31.9 Å². The van der Waals surface area contributed by atoms with Crippen LogP contribution >= 0.6 is 0 Å². The summed E-state index contributed by atoms with van der Waals surface area (Å²) in [6.07, 6.45) is 5.99. The number of fused-ring (bicyclic) bond motifs is 1. The summed E-state index contributed by atoms with van der Waals surface area (Å²) in [5.74, 6) is 1.78. The molecular weight excluding hydrogens is 214 g/mol. The Morgan fingerprint density at radius 3 is 2.88 bits per heavy atom. The fourth-order valence-electron chi connectivity index (χ4n) is 3.17. The highest BCUT2D eigenvalue weighted by Crippen LogP contribution is 2.39. The Morgan fingerprint density at radius 2 is 2.18 bits per heavy atom. The first-order chi connectivity index (χ1) is 8.36. The van der Waals surface area contributed by atoms with Crippen molar-refractivity contribution in [3.63, 3.8) is 0 Å². The highest BCUT2D eigenvalue weighted by Gasteiger charge is 2.37. The molecule has 0 radical (unpaired) electrons. The average molecular weight is 235 g/mol. The third-order valence-electron chi connectivity index (χ3n) is 4.09. The van der Waals surface area contributed by atoms with Gasteiger partial charge in [0.15, 0.2) is 0 Å². The lowest BCUT2D eigenvalue weighted by atomic mass is 10.0. The molecule has 2 aliphatic rings. The number of oxazole rings is 1. The van der Waals surface area contributed by atoms with Crippen molar-refractivity contribution < 1.29 is 4.42 Å². The maximum Gasteiger partial charge on any atom is 0.297 e. The van der Waals surface area contributed by atoms with Crippen LogP contribution in [0.2, 0.25) is 0 Å². The van der Waals surface area contributed by atoms with E-state index in [0.717, 1.165) is 49.7 Å². The van der Waals surface area contributed by atoms with Crippen molar-refractivity contribution in [1.29, 1.82) is 0 Å². The third kappa shape index (κ3) is 2.18. The van der Waals surface area contributed by atoms with Crippen molar-refractivity contribution in [2.45, 2.75) is 32.7 Å². The zero-order chi connectivity index (χ0) is 11.7. The smallest absolute Gasteiger partial charge is 0.297 e. The molecule has 0 amide bonds. The van der Waals surface area contributed by atoms with Crippen LogP contribution in [0.5, 0.6) is 0 Å². The molecule has 4 heteroatoms. The lowest BCUT2D eigenvalue weighted by Gasteiger charge is -2.13. The molecule has 1 saturated carbocycles. The molecule has 94 valence electrons. The normalized spacial score (nSPS) is 27.7. The predicted molar refractivity (Wildman–Crippen MR) is 66.9 cm³/mol. The second-order valence-corrected chi connectivity index (χ2v) is 5.26. The summed E-state index contributed by atoms with van der Waals surface area (Å²) in [6, 6.07) is 0.826. The third-order valence-corrected chi connectivity index (χ3v) is 4.09. The molecule has 2 heterocycles. The van der Waals surface area contributed by atoms with E-state index in [1.807, 2.05) is 0 Å². The van der Waals surface area contributed by atoms with E-state index >= 15 is 0 Å². The van der Waals surface area contributed by atoms with E-state index in [1.165, 1.54) is 19.3 Å². The van der Waals surface area contributed by atoms with E-state index < -0.39 is 0 Å². The van der Waals surface area contributed by atoms with Crippen molar-refractivity contribution >= 4 is 6.01 Å². The number of rotatable bonds is 4. The topological polar surface area (TPSA) is 41.3 Å². The van der Waals surface area contributed by atoms with Crippen LogP contribution in [0.3, 0.4) is 0 Å². The van der Waals surface area contributed by atoms with Gasteiger partial charge in [0, 0.05) is 19.6 Å². The fraction of sp³-hybridized carbons (Fsp3) is 0.769. The van der Waals surface area contributed by atoms with Gasteiger partial charge in [-0.1, -0.05) is 13.3 Å². The van der Waals surface area contributed by atoms with Gasteiger partial charge in [-0.05, 0) is 31.2 Å². The van der Waals surface area contributed by atoms with Gasteiger partial charge in [0.2, 0.25) is 0 Å². The van der Waals surface area contributed by atoms with E-state index in [-0.39, 0.29) is 0 Å². The second kappa shape index (κ2) is 4.69. The molecule has 2 fully saturated rings. The summed E-state index contributed by atoms with van der Waals surface area (Å²) in [7, 11) is 0. The summed E-state index contributed by atoms with van der Waals surface area (Å²) in [6.45, 7) is 6.16. The lowest BCUT2D eigenvalue weighted by Crippen LogP contribution is -2.21. The first kappa shape index (κ1) is 11.1. The fourth-order valence-corrected chi connectivity index (χ4v) is 3.17. The zero-order valence-electron chi connectivity index (χ0n) is 10.5. The molecule has 0 spiro atoms. The van der Waals surface area contributed by atoms with E-state index in [2.05, 4.69) is 22.1 Å². The number of anilines is 1. The maximum atomic E-state index is 5.59. The van der Waals surface area contributed by atoms with Crippen LogP contribution in [0.25, 0.3) is 0 Å². The monoisotopic (exact) mass is 235 g/mol. The number of hydrogen-bond donors (Lipinski definition) is 1. The van der Waals surface area contributed by atoms with E-state index in [0.29, 0.717) is 0 Å². The molecular formula is C13H21N3O. The Bertz CT molecular complexity index is 364. The van der Waals surface area contributed by atoms with E-state index in [9.17, 15) is 0 Å². The van der Waals surface area contributed by atoms with Crippen molar-refractivity contribution in [2.75, 3.05) is 24.5 Å². The van der Waals surface area contributed by atoms with Gasteiger partial charge >= 0.3 is 0 Å². The lowest BCUT2D eigenvalue weighted by molar-refractivity contribution is 0.494. The minimum absolute atomic E-state index is 0.806. The van der Waals surface area contributed by atoms with Crippen molar-refractivity contribution in [3.05, 3.63) is 12.0 Å². The summed E-state index contributed by atoms with van der Waals surface area (Å²) in [5.41, 5.74) is 1.01. The first-order valence-electron chi connectivity index (χ1n) is 6.77. The van der Waals surface area contributed by atoms with Crippen LogP contribution in [0.15, 0.2) is 10.7 Å². The Kier molecular flexibility index (Phi) is 3.05. The molecule has 1 N–H and O–H groups in total. The Hall–Kier alpha value is -1.03. The van der Waals surface area contributed by atoms with Gasteiger partial charge in [0.05, 0.1) is 5.69 Å². The van der Waals surface area contributed by atoms with Gasteiger partial charge in [-0.3, -0.25) is 0 Å². The number of nitrogens with zero attached hydrogens (tertiary/aromatic N) is 2. The Labute approximate surface area is 102 Å². The van der Waals surface area contributed by atoms with Crippen molar-refractivity contribution in [3.8, 4) is 0 Å². The quantitative estimate of drug-likeness (QED) is 0.867. The molecule has 2 unspecified atom stereocenters. The zero-order valence-corrected chi connectivity index (χ0v) is 10.5. The predicted octanol–water partition coefficient (Wildman–Crippen LogP) is 2.02. The highest BCUT2D eigenvalue weighted by atomic mass is 16.4. The summed E-state index contributed by atoms with van der Waals surface area (Å²) in [4.78, 5) is 6.88. The summed E-state index contributed by atoms with van der Waals surface area (Å²) < 4.78 is 5.59. The highest BCUT2D eigenvalue weighted by molar-refractivity contribution is 5.30. The van der Waals surface area contributed by atoms with Gasteiger partial charge in [0.1, 0.15) is 6.26 Å².